The molecule has 0 aromatic carbocycles. The van der Waals surface area contributed by atoms with Crippen molar-refractivity contribution in [2.45, 2.75) is 20.0 Å². The number of nitrogens with two attached hydrogens (primary N) is 2. The van der Waals surface area contributed by atoms with Gasteiger partial charge in [-0.3, -0.25) is 9.59 Å². The first kappa shape index (κ1) is 30.1. The zero-order valence-electron chi connectivity index (χ0n) is 10.3. The molecule has 0 aliphatic carbocycles. The molecule has 0 saturated carbocycles. The van der Waals surface area contributed by atoms with Gasteiger partial charge in [-0.25, -0.2) is 0 Å². The largest absolute Gasteiger partial charge is 0.480 e. The first-order valence-electron chi connectivity index (χ1n) is 3.79. The molecular weight excluding hydrogens is 238 g/mol. The maximum atomic E-state index is 9.24. The molecule has 0 unspecified atom stereocenters. The van der Waals surface area contributed by atoms with Crippen molar-refractivity contribution in [3.8, 4) is 0 Å². The zero-order valence-corrected chi connectivity index (χ0v) is 14.3. The van der Waals surface area contributed by atoms with Crippen molar-refractivity contribution in [1.82, 2.24) is 0 Å². The first-order chi connectivity index (χ1) is 6.27. The van der Waals surface area contributed by atoms with Crippen molar-refractivity contribution < 1.29 is 24.9 Å². The van der Waals surface area contributed by atoms with Gasteiger partial charge in [-0.05, 0) is 13.8 Å². The summed E-state index contributed by atoms with van der Waals surface area (Å²) in [6.45, 7) is 2.89. The standard InChI is InChI=1S/C3H8O.2C2H5NO2.2Na/c1-3(2)4;2*3-1-2(4)5;;/h3-4H,1-2H3;2*1,3H2,(H,4,5);;. The van der Waals surface area contributed by atoms with E-state index in [-0.39, 0.29) is 78.3 Å². The Hall–Kier alpha value is 0.820. The van der Waals surface area contributed by atoms with E-state index in [0.29, 0.717) is 0 Å². The second kappa shape index (κ2) is 24.9. The number of carbonyl (C=O) groups is 2. The summed E-state index contributed by atoms with van der Waals surface area (Å²) in [7, 11) is 0. The van der Waals surface area contributed by atoms with Gasteiger partial charge in [-0.15, -0.1) is 0 Å². The van der Waals surface area contributed by atoms with Crippen LogP contribution in [0.3, 0.4) is 0 Å². The second-order valence-electron chi connectivity index (χ2n) is 2.29. The third kappa shape index (κ3) is 122. The number of carboxylic acids is 2. The van der Waals surface area contributed by atoms with Crippen molar-refractivity contribution >= 4 is 71.1 Å². The Bertz CT molecular complexity index is 141. The summed E-state index contributed by atoms with van der Waals surface area (Å²) in [6, 6.07) is 0. The quantitative estimate of drug-likeness (QED) is 0.348. The fourth-order valence-corrected chi connectivity index (χ4v) is 0. The van der Waals surface area contributed by atoms with E-state index >= 15 is 0 Å². The third-order valence-electron chi connectivity index (χ3n) is 0.349. The molecule has 0 spiro atoms. The van der Waals surface area contributed by atoms with E-state index in [1.165, 1.54) is 0 Å². The maximum absolute atomic E-state index is 9.24. The van der Waals surface area contributed by atoms with Crippen LogP contribution in [0.5, 0.6) is 0 Å². The third-order valence-corrected chi connectivity index (χ3v) is 0.349. The molecule has 0 bridgehead atoms. The van der Waals surface area contributed by atoms with Gasteiger partial charge < -0.3 is 26.8 Å². The zero-order chi connectivity index (χ0) is 12.1. The molecule has 9 heteroatoms. The van der Waals surface area contributed by atoms with Crippen LogP contribution in [0.15, 0.2) is 0 Å². The number of aliphatic carboxylic acids is 2. The van der Waals surface area contributed by atoms with Crippen LogP contribution in [0.1, 0.15) is 13.8 Å². The van der Waals surface area contributed by atoms with Crippen molar-refractivity contribution in [3.05, 3.63) is 0 Å². The summed E-state index contributed by atoms with van der Waals surface area (Å²) in [5.74, 6) is -1.94. The molecule has 88 valence electrons. The van der Waals surface area contributed by atoms with Crippen LogP contribution in [-0.4, -0.2) is 106 Å². The van der Waals surface area contributed by atoms with Crippen LogP contribution in [-0.2, 0) is 9.59 Å². The Morgan fingerprint density at radius 1 is 1.00 bits per heavy atom. The van der Waals surface area contributed by atoms with Gasteiger partial charge in [-0.1, -0.05) is 0 Å². The summed E-state index contributed by atoms with van der Waals surface area (Å²) < 4.78 is 0. The summed E-state index contributed by atoms with van der Waals surface area (Å²) in [5.41, 5.74) is 9.14. The fourth-order valence-electron chi connectivity index (χ4n) is 0. The van der Waals surface area contributed by atoms with Gasteiger partial charge in [-0.2, -0.15) is 0 Å². The van der Waals surface area contributed by atoms with Crippen molar-refractivity contribution in [2.24, 2.45) is 11.5 Å². The topological polar surface area (TPSA) is 147 Å². The maximum Gasteiger partial charge on any atom is 0.317 e. The minimum atomic E-state index is -0.968. The Morgan fingerprint density at radius 3 is 1.06 bits per heavy atom. The van der Waals surface area contributed by atoms with E-state index in [1.807, 2.05) is 0 Å². The number of carboxylic acid groups (broad SMARTS) is 2. The molecule has 2 radical (unpaired) electrons. The van der Waals surface area contributed by atoms with Gasteiger partial charge >= 0.3 is 11.9 Å². The van der Waals surface area contributed by atoms with Gasteiger partial charge in [0.2, 0.25) is 0 Å². The van der Waals surface area contributed by atoms with E-state index in [1.54, 1.807) is 13.8 Å². The van der Waals surface area contributed by atoms with E-state index in [0.717, 1.165) is 0 Å². The van der Waals surface area contributed by atoms with Gasteiger partial charge in [0.05, 0.1) is 13.1 Å². The summed E-state index contributed by atoms with van der Waals surface area (Å²) >= 11 is 0. The molecule has 0 amide bonds. The second-order valence-corrected chi connectivity index (χ2v) is 2.29. The molecule has 0 aliphatic rings. The minimum Gasteiger partial charge on any atom is -0.480 e. The predicted molar refractivity (Wildman–Crippen MR) is 62.2 cm³/mol. The molecule has 0 heterocycles. The summed E-state index contributed by atoms with van der Waals surface area (Å²) in [4.78, 5) is 18.5. The SMILES string of the molecule is CC(C)O.NCC(=O)O.NCC(=O)O.[Na].[Na]. The average molecular weight is 256 g/mol. The van der Waals surface area contributed by atoms with E-state index in [9.17, 15) is 9.59 Å². The van der Waals surface area contributed by atoms with E-state index in [2.05, 4.69) is 11.5 Å². The van der Waals surface area contributed by atoms with Crippen LogP contribution >= 0.6 is 0 Å². The number of hydrogen-bond donors (Lipinski definition) is 5. The monoisotopic (exact) mass is 256 g/mol. The number of hydrogen-bond acceptors (Lipinski definition) is 5. The van der Waals surface area contributed by atoms with E-state index < -0.39 is 11.9 Å². The molecule has 7 N–H and O–H groups in total. The van der Waals surface area contributed by atoms with Gasteiger partial charge in [0.15, 0.2) is 0 Å². The normalized spacial score (nSPS) is 6.88. The van der Waals surface area contributed by atoms with Crippen LogP contribution in [0.25, 0.3) is 0 Å². The molecule has 0 atom stereocenters. The summed E-state index contributed by atoms with van der Waals surface area (Å²) in [6.07, 6.45) is -0.167. The molecule has 16 heavy (non-hydrogen) atoms. The van der Waals surface area contributed by atoms with Gasteiger partial charge in [0.25, 0.3) is 0 Å². The molecule has 0 fully saturated rings. The Balaban J connectivity index is -0.0000000358. The molecule has 0 aromatic heterocycles. The molecular formula is C7H18N2Na2O5. The Morgan fingerprint density at radius 2 is 1.06 bits per heavy atom. The van der Waals surface area contributed by atoms with Gasteiger partial charge in [0.1, 0.15) is 0 Å². The Kier molecular flexibility index (Phi) is 46.8. The average Bonchev–Trinajstić information content (AvgIpc) is 2.04. The van der Waals surface area contributed by atoms with Crippen LogP contribution < -0.4 is 11.5 Å². The Labute approximate surface area is 139 Å². The van der Waals surface area contributed by atoms with Crippen LogP contribution in [0.4, 0.5) is 0 Å². The first-order valence-corrected chi connectivity index (χ1v) is 3.79. The predicted octanol–water partition coefficient (Wildman–Crippen LogP) is -2.32. The van der Waals surface area contributed by atoms with Crippen LogP contribution in [0.2, 0.25) is 0 Å². The number of rotatable bonds is 2. The smallest absolute Gasteiger partial charge is 0.317 e. The van der Waals surface area contributed by atoms with Crippen molar-refractivity contribution in [1.29, 1.82) is 0 Å². The van der Waals surface area contributed by atoms with Gasteiger partial charge in [0, 0.05) is 65.2 Å². The summed E-state index contributed by atoms with van der Waals surface area (Å²) in [5, 5.41) is 23.2. The van der Waals surface area contributed by atoms with Crippen molar-refractivity contribution in [2.75, 3.05) is 13.1 Å². The number of aliphatic hydroxyl groups excluding tert-OH is 1. The molecule has 0 saturated heterocycles. The van der Waals surface area contributed by atoms with Crippen molar-refractivity contribution in [3.63, 3.8) is 0 Å². The minimum absolute atomic E-state index is 0. The van der Waals surface area contributed by atoms with Crippen LogP contribution in [0, 0.1) is 0 Å². The fraction of sp³-hybridized carbons (Fsp3) is 0.714. The van der Waals surface area contributed by atoms with E-state index in [4.69, 9.17) is 15.3 Å². The molecule has 0 aromatic rings. The molecule has 0 aliphatic heterocycles. The number of aliphatic hydroxyl groups is 1. The molecule has 7 nitrogen and oxygen atoms in total. The molecule has 0 rings (SSSR count).